The van der Waals surface area contributed by atoms with Crippen molar-refractivity contribution in [2.45, 2.75) is 58.3 Å². The molecule has 0 amide bonds. The summed E-state index contributed by atoms with van der Waals surface area (Å²) >= 11 is 3.89. The predicted octanol–water partition coefficient (Wildman–Crippen LogP) is 14.4. The number of hydrogen-bond acceptors (Lipinski definition) is 4. The fourth-order valence-corrected chi connectivity index (χ4v) is 14.1. The van der Waals surface area contributed by atoms with E-state index in [1.54, 1.807) is 0 Å². The lowest BCUT2D eigenvalue weighted by Crippen LogP contribution is -2.56. The molecule has 11 aromatic rings. The van der Waals surface area contributed by atoms with Gasteiger partial charge in [-0.3, -0.25) is 0 Å². The zero-order chi connectivity index (χ0) is 39.3. The molecule has 6 heteroatoms. The fourth-order valence-electron chi connectivity index (χ4n) is 11.6. The van der Waals surface area contributed by atoms with Gasteiger partial charge in [-0.2, -0.15) is 0 Å². The minimum atomic E-state index is -0.0604. The summed E-state index contributed by atoms with van der Waals surface area (Å²) < 4.78 is 13.6. The molecule has 2 aliphatic heterocycles. The molecule has 59 heavy (non-hydrogen) atoms. The molecule has 0 fully saturated rings. The molecule has 0 unspecified atom stereocenters. The van der Waals surface area contributed by atoms with E-state index in [9.17, 15) is 0 Å². The highest BCUT2D eigenvalue weighted by atomic mass is 32.1. The first kappa shape index (κ1) is 33.1. The lowest BCUT2D eigenvalue weighted by Gasteiger charge is -2.44. The molecule has 4 aromatic heterocycles. The molecule has 0 atom stereocenters. The highest BCUT2D eigenvalue weighted by Crippen LogP contribution is 2.55. The number of para-hydroxylation sites is 2. The Kier molecular flexibility index (Phi) is 6.09. The smallest absolute Gasteiger partial charge is 0.333 e. The standard InChI is InChI=1S/C53H39BN2OS2/c1-28-23-36-37(53(4,5)22-21-52(36,2)3)26-39(28)55-40-24-34-29-13-6-9-18-42(29)57-43(34)27-38(40)54-48-41(55)25-35-30-14-7-10-19-44(30)58-50(35)47(48)33-17-12-16-32-46-31-15-8-11-20-45(31)59-51(46)56(54)49(32)33/h6-20,23-27H,21-22H2,1-5H3. The molecule has 3 aliphatic rings. The fraction of sp³-hybridized carbons (Fsp3) is 0.170. The third-order valence-corrected chi connectivity index (χ3v) is 16.9. The molecule has 0 radical (unpaired) electrons. The molecule has 0 bridgehead atoms. The second-order valence-electron chi connectivity index (χ2n) is 18.7. The Balaban J connectivity index is 1.21. The molecular formula is C53H39BN2OS2. The van der Waals surface area contributed by atoms with Crippen molar-refractivity contribution in [2.75, 3.05) is 4.90 Å². The van der Waals surface area contributed by atoms with Gasteiger partial charge in [0.05, 0.1) is 4.83 Å². The first-order valence-corrected chi connectivity index (χ1v) is 22.6. The third kappa shape index (κ3) is 4.05. The highest BCUT2D eigenvalue weighted by Gasteiger charge is 2.46. The van der Waals surface area contributed by atoms with E-state index >= 15 is 0 Å². The monoisotopic (exact) mass is 794 g/mol. The average Bonchev–Trinajstić information content (AvgIpc) is 3.99. The maximum atomic E-state index is 6.78. The summed E-state index contributed by atoms with van der Waals surface area (Å²) in [6.45, 7) is 12.1. The maximum Gasteiger partial charge on any atom is 0.333 e. The van der Waals surface area contributed by atoms with Gasteiger partial charge in [0.1, 0.15) is 11.2 Å². The number of nitrogens with zero attached hydrogens (tertiary/aromatic N) is 2. The number of rotatable bonds is 1. The van der Waals surface area contributed by atoms with E-state index in [1.165, 1.54) is 120 Å². The lowest BCUT2D eigenvalue weighted by molar-refractivity contribution is 0.332. The second-order valence-corrected chi connectivity index (χ2v) is 20.8. The van der Waals surface area contributed by atoms with E-state index in [-0.39, 0.29) is 17.7 Å². The van der Waals surface area contributed by atoms with Gasteiger partial charge in [0.25, 0.3) is 0 Å². The van der Waals surface area contributed by atoms with Crippen LogP contribution in [-0.4, -0.2) is 11.3 Å². The van der Waals surface area contributed by atoms with Gasteiger partial charge in [-0.25, -0.2) is 0 Å². The normalized spacial score (nSPS) is 16.3. The van der Waals surface area contributed by atoms with Gasteiger partial charge in [-0.1, -0.05) is 107 Å². The van der Waals surface area contributed by atoms with Crippen molar-refractivity contribution in [3.63, 3.8) is 0 Å². The maximum absolute atomic E-state index is 6.78. The van der Waals surface area contributed by atoms with Crippen LogP contribution in [0.15, 0.2) is 126 Å². The van der Waals surface area contributed by atoms with Crippen molar-refractivity contribution in [1.29, 1.82) is 0 Å². The summed E-state index contributed by atoms with van der Waals surface area (Å²) in [5.41, 5.74) is 16.9. The van der Waals surface area contributed by atoms with Gasteiger partial charge in [0.2, 0.25) is 0 Å². The Morgan fingerprint density at radius 1 is 0.593 bits per heavy atom. The van der Waals surface area contributed by atoms with Crippen molar-refractivity contribution in [1.82, 2.24) is 4.48 Å². The van der Waals surface area contributed by atoms with Crippen LogP contribution in [0, 0.1) is 6.92 Å². The largest absolute Gasteiger partial charge is 0.456 e. The highest BCUT2D eigenvalue weighted by molar-refractivity contribution is 7.27. The summed E-state index contributed by atoms with van der Waals surface area (Å²) in [5, 5.41) is 9.03. The van der Waals surface area contributed by atoms with Crippen molar-refractivity contribution < 1.29 is 4.42 Å². The summed E-state index contributed by atoms with van der Waals surface area (Å²) in [6.07, 6.45) is 2.36. The molecule has 7 aromatic carbocycles. The summed E-state index contributed by atoms with van der Waals surface area (Å²) in [4.78, 5) is 4.01. The summed E-state index contributed by atoms with van der Waals surface area (Å²) in [5.74, 6) is 0. The van der Waals surface area contributed by atoms with E-state index in [4.69, 9.17) is 4.42 Å². The SMILES string of the molecule is Cc1cc2c(cc1N1c3cc4c(cc3B3c5c1cc1c(sc6ccccc61)c5-c1cccc5c6c7ccccc7sc6n3c15)oc1ccccc14)C(C)(C)CCC2(C)C. The van der Waals surface area contributed by atoms with Gasteiger partial charge in [-0.05, 0) is 101 Å². The van der Waals surface area contributed by atoms with Crippen LogP contribution >= 0.6 is 22.7 Å². The summed E-state index contributed by atoms with van der Waals surface area (Å²) in [7, 11) is 0. The number of furan rings is 1. The minimum absolute atomic E-state index is 0.0604. The minimum Gasteiger partial charge on any atom is -0.456 e. The van der Waals surface area contributed by atoms with Crippen molar-refractivity contribution in [2.24, 2.45) is 0 Å². The first-order chi connectivity index (χ1) is 28.7. The molecule has 14 rings (SSSR count). The van der Waals surface area contributed by atoms with Gasteiger partial charge in [0, 0.05) is 85.5 Å². The Hall–Kier alpha value is -5.82. The number of aryl methyl sites for hydroxylation is 1. The molecule has 0 N–H and O–H groups in total. The van der Waals surface area contributed by atoms with Gasteiger partial charge >= 0.3 is 6.85 Å². The van der Waals surface area contributed by atoms with E-state index < -0.39 is 0 Å². The van der Waals surface area contributed by atoms with Crippen LogP contribution in [0.4, 0.5) is 17.1 Å². The zero-order valence-corrected chi connectivity index (χ0v) is 35.3. The number of thiophene rings is 2. The van der Waals surface area contributed by atoms with Crippen LogP contribution in [0.5, 0.6) is 0 Å². The van der Waals surface area contributed by atoms with E-state index in [0.717, 1.165) is 21.9 Å². The van der Waals surface area contributed by atoms with Crippen LogP contribution in [0.1, 0.15) is 57.2 Å². The van der Waals surface area contributed by atoms with Crippen LogP contribution in [0.3, 0.4) is 0 Å². The number of anilines is 3. The van der Waals surface area contributed by atoms with Crippen molar-refractivity contribution >= 4 is 131 Å². The first-order valence-electron chi connectivity index (χ1n) is 21.0. The van der Waals surface area contributed by atoms with Crippen LogP contribution in [0.2, 0.25) is 0 Å². The molecule has 1 aliphatic carbocycles. The number of benzene rings is 7. The Morgan fingerprint density at radius 3 is 2.08 bits per heavy atom. The van der Waals surface area contributed by atoms with Crippen LogP contribution in [-0.2, 0) is 10.8 Å². The molecule has 3 nitrogen and oxygen atoms in total. The topological polar surface area (TPSA) is 21.3 Å². The lowest BCUT2D eigenvalue weighted by atomic mass is 9.45. The van der Waals surface area contributed by atoms with Gasteiger partial charge in [0.15, 0.2) is 0 Å². The van der Waals surface area contributed by atoms with E-state index in [1.807, 2.05) is 22.7 Å². The number of fused-ring (bicyclic) bond motifs is 17. The number of aromatic nitrogens is 1. The Bertz CT molecular complexity index is 3720. The quantitative estimate of drug-likeness (QED) is 0.154. The second kappa shape index (κ2) is 10.9. The third-order valence-electron chi connectivity index (χ3n) is 14.5. The zero-order valence-electron chi connectivity index (χ0n) is 33.7. The summed E-state index contributed by atoms with van der Waals surface area (Å²) in [6, 6.07) is 46.2. The van der Waals surface area contributed by atoms with E-state index in [2.05, 4.69) is 165 Å². The van der Waals surface area contributed by atoms with Gasteiger partial charge in [-0.15, -0.1) is 22.7 Å². The molecule has 0 saturated carbocycles. The Morgan fingerprint density at radius 2 is 1.27 bits per heavy atom. The van der Waals surface area contributed by atoms with Crippen molar-refractivity contribution in [3.05, 3.63) is 138 Å². The molecule has 6 heterocycles. The van der Waals surface area contributed by atoms with Crippen LogP contribution in [0.25, 0.3) is 84.4 Å². The molecule has 282 valence electrons. The predicted molar refractivity (Wildman–Crippen MR) is 256 cm³/mol. The van der Waals surface area contributed by atoms with Crippen LogP contribution < -0.4 is 15.8 Å². The Labute approximate surface area is 350 Å². The molecular weight excluding hydrogens is 756 g/mol. The van der Waals surface area contributed by atoms with E-state index in [0.29, 0.717) is 0 Å². The molecule has 0 spiro atoms. The van der Waals surface area contributed by atoms with Gasteiger partial charge < -0.3 is 13.8 Å². The average molecular weight is 795 g/mol. The number of hydrogen-bond donors (Lipinski definition) is 0. The molecule has 0 saturated heterocycles. The van der Waals surface area contributed by atoms with Crippen molar-refractivity contribution in [3.8, 4) is 11.1 Å².